The minimum atomic E-state index is -0.236. The number of fused-ring (bicyclic) bond motifs is 1. The van der Waals surface area contributed by atoms with Crippen LogP contribution in [0.3, 0.4) is 0 Å². The Morgan fingerprint density at radius 1 is 0.929 bits per heavy atom. The number of hydrogen-bond donors (Lipinski definition) is 2. The maximum Gasteiger partial charge on any atom is 0.255 e. The molecular weight excluding hydrogens is 370 g/mol. The summed E-state index contributed by atoms with van der Waals surface area (Å²) in [6, 6.07) is 23.9. The summed E-state index contributed by atoms with van der Waals surface area (Å²) in [5.74, 6) is -0.0655. The normalized spacial score (nSPS) is 10.8. The number of halogens is 1. The molecule has 2 N–H and O–H groups in total. The highest BCUT2D eigenvalue weighted by atomic mass is 35.5. The highest BCUT2D eigenvalue weighted by Gasteiger charge is 2.16. The van der Waals surface area contributed by atoms with Crippen LogP contribution in [0.4, 0.5) is 5.69 Å². The molecule has 0 atom stereocenters. The molecule has 0 spiro atoms. The number of nitrogens with one attached hydrogen (secondary N) is 1. The van der Waals surface area contributed by atoms with Gasteiger partial charge in [0.05, 0.1) is 0 Å². The van der Waals surface area contributed by atoms with Crippen LogP contribution in [0.25, 0.3) is 21.9 Å². The van der Waals surface area contributed by atoms with Crippen LogP contribution in [0.5, 0.6) is 5.75 Å². The van der Waals surface area contributed by atoms with Crippen LogP contribution in [0, 0.1) is 6.92 Å². The quantitative estimate of drug-likeness (QED) is 0.425. The van der Waals surface area contributed by atoms with E-state index >= 15 is 0 Å². The summed E-state index contributed by atoms with van der Waals surface area (Å²) in [7, 11) is 0. The molecule has 0 unspecified atom stereocenters. The molecule has 0 aromatic heterocycles. The third-order valence-corrected chi connectivity index (χ3v) is 4.96. The van der Waals surface area contributed by atoms with E-state index in [0.717, 1.165) is 21.9 Å². The molecule has 0 aliphatic heterocycles. The van der Waals surface area contributed by atoms with Gasteiger partial charge in [0.25, 0.3) is 5.91 Å². The third kappa shape index (κ3) is 3.45. The Labute approximate surface area is 168 Å². The Balaban J connectivity index is 1.87. The lowest BCUT2D eigenvalue weighted by molar-refractivity contribution is 0.102. The van der Waals surface area contributed by atoms with Crippen molar-refractivity contribution in [1.82, 2.24) is 0 Å². The smallest absolute Gasteiger partial charge is 0.255 e. The van der Waals surface area contributed by atoms with E-state index in [4.69, 9.17) is 11.6 Å². The van der Waals surface area contributed by atoms with Gasteiger partial charge >= 0.3 is 0 Å². The van der Waals surface area contributed by atoms with Crippen molar-refractivity contribution in [3.8, 4) is 16.9 Å². The van der Waals surface area contributed by atoms with Gasteiger partial charge in [-0.3, -0.25) is 4.79 Å². The third-order valence-electron chi connectivity index (χ3n) is 4.71. The second-order valence-corrected chi connectivity index (χ2v) is 7.13. The zero-order valence-electron chi connectivity index (χ0n) is 15.2. The fourth-order valence-corrected chi connectivity index (χ4v) is 3.44. The highest BCUT2D eigenvalue weighted by molar-refractivity contribution is 6.30. The van der Waals surface area contributed by atoms with E-state index in [1.165, 1.54) is 0 Å². The number of aromatic hydroxyl groups is 1. The van der Waals surface area contributed by atoms with Crippen molar-refractivity contribution in [3.63, 3.8) is 0 Å². The second kappa shape index (κ2) is 7.37. The SMILES string of the molecule is Cc1ccc(O)c(-c2c(NC(=O)c3ccc(Cl)cc3)ccc3ccccc23)c1. The van der Waals surface area contributed by atoms with Gasteiger partial charge in [-0.2, -0.15) is 0 Å². The van der Waals surface area contributed by atoms with Gasteiger partial charge in [0.1, 0.15) is 5.75 Å². The summed E-state index contributed by atoms with van der Waals surface area (Å²) in [4.78, 5) is 12.8. The number of carbonyl (C=O) groups is 1. The van der Waals surface area contributed by atoms with Crippen LogP contribution >= 0.6 is 11.6 Å². The number of phenols is 1. The molecule has 138 valence electrons. The topological polar surface area (TPSA) is 49.3 Å². The van der Waals surface area contributed by atoms with Crippen LogP contribution in [-0.2, 0) is 0 Å². The number of anilines is 1. The molecule has 0 bridgehead atoms. The molecule has 28 heavy (non-hydrogen) atoms. The van der Waals surface area contributed by atoms with Crippen molar-refractivity contribution in [3.05, 3.63) is 95.0 Å². The fourth-order valence-electron chi connectivity index (χ4n) is 3.31. The van der Waals surface area contributed by atoms with E-state index in [2.05, 4.69) is 5.32 Å². The number of benzene rings is 4. The Morgan fingerprint density at radius 2 is 1.68 bits per heavy atom. The molecule has 0 fully saturated rings. The molecule has 4 aromatic carbocycles. The van der Waals surface area contributed by atoms with Gasteiger partial charge in [0, 0.05) is 27.4 Å². The number of phenolic OH excluding ortho intramolecular Hbond substituents is 1. The molecule has 0 saturated heterocycles. The summed E-state index contributed by atoms with van der Waals surface area (Å²) in [6.07, 6.45) is 0. The maximum absolute atomic E-state index is 12.8. The molecule has 0 aliphatic carbocycles. The van der Waals surface area contributed by atoms with Crippen LogP contribution in [0.2, 0.25) is 5.02 Å². The van der Waals surface area contributed by atoms with Gasteiger partial charge < -0.3 is 10.4 Å². The van der Waals surface area contributed by atoms with Gasteiger partial charge in [0.15, 0.2) is 0 Å². The zero-order valence-corrected chi connectivity index (χ0v) is 16.0. The average molecular weight is 388 g/mol. The first-order chi connectivity index (χ1) is 13.5. The van der Waals surface area contributed by atoms with Gasteiger partial charge in [0.2, 0.25) is 0 Å². The van der Waals surface area contributed by atoms with E-state index in [1.807, 2.05) is 55.5 Å². The molecule has 1 amide bonds. The number of rotatable bonds is 3. The summed E-state index contributed by atoms with van der Waals surface area (Å²) >= 11 is 5.92. The molecule has 4 rings (SSSR count). The predicted molar refractivity (Wildman–Crippen MR) is 115 cm³/mol. The molecular formula is C24H18ClNO2. The predicted octanol–water partition coefficient (Wildman–Crippen LogP) is 6.43. The van der Waals surface area contributed by atoms with E-state index in [-0.39, 0.29) is 11.7 Å². The van der Waals surface area contributed by atoms with Crippen LogP contribution in [-0.4, -0.2) is 11.0 Å². The van der Waals surface area contributed by atoms with Gasteiger partial charge in [-0.1, -0.05) is 53.6 Å². The molecule has 0 saturated carbocycles. The van der Waals surface area contributed by atoms with Crippen LogP contribution in [0.15, 0.2) is 78.9 Å². The van der Waals surface area contributed by atoms with Gasteiger partial charge in [-0.15, -0.1) is 0 Å². The molecule has 0 radical (unpaired) electrons. The molecule has 4 aromatic rings. The van der Waals surface area contributed by atoms with Crippen LogP contribution in [0.1, 0.15) is 15.9 Å². The highest BCUT2D eigenvalue weighted by Crippen LogP contribution is 2.40. The minimum absolute atomic E-state index is 0.170. The minimum Gasteiger partial charge on any atom is -0.507 e. The zero-order chi connectivity index (χ0) is 19.7. The Hall–Kier alpha value is -3.30. The molecule has 0 heterocycles. The van der Waals surface area contributed by atoms with Crippen molar-refractivity contribution in [2.24, 2.45) is 0 Å². The Kier molecular flexibility index (Phi) is 4.76. The van der Waals surface area contributed by atoms with E-state index < -0.39 is 0 Å². The summed E-state index contributed by atoms with van der Waals surface area (Å²) in [5, 5.41) is 16.1. The van der Waals surface area contributed by atoms with Crippen LogP contribution < -0.4 is 5.32 Å². The summed E-state index contributed by atoms with van der Waals surface area (Å²) < 4.78 is 0. The van der Waals surface area contributed by atoms with Crippen molar-refractivity contribution < 1.29 is 9.90 Å². The Morgan fingerprint density at radius 3 is 2.46 bits per heavy atom. The van der Waals surface area contributed by atoms with Gasteiger partial charge in [-0.25, -0.2) is 0 Å². The largest absolute Gasteiger partial charge is 0.507 e. The standard InChI is InChI=1S/C24H18ClNO2/c1-15-6-13-22(27)20(14-15)23-19-5-3-2-4-16(19)9-12-21(23)26-24(28)17-7-10-18(25)11-8-17/h2-14,27H,1H3,(H,26,28). The molecule has 0 aliphatic rings. The lowest BCUT2D eigenvalue weighted by Crippen LogP contribution is -2.12. The number of hydrogen-bond acceptors (Lipinski definition) is 2. The fraction of sp³-hybridized carbons (Fsp3) is 0.0417. The summed E-state index contributed by atoms with van der Waals surface area (Å²) in [6.45, 7) is 1.97. The van der Waals surface area contributed by atoms with Crippen molar-refractivity contribution in [2.45, 2.75) is 6.92 Å². The molecule has 4 heteroatoms. The number of amides is 1. The lowest BCUT2D eigenvalue weighted by Gasteiger charge is -2.16. The summed E-state index contributed by atoms with van der Waals surface area (Å²) in [5.41, 5.74) is 3.65. The maximum atomic E-state index is 12.8. The van der Waals surface area contributed by atoms with Crippen molar-refractivity contribution in [2.75, 3.05) is 5.32 Å². The first-order valence-electron chi connectivity index (χ1n) is 8.91. The van der Waals surface area contributed by atoms with E-state index in [9.17, 15) is 9.90 Å². The first-order valence-corrected chi connectivity index (χ1v) is 9.29. The van der Waals surface area contributed by atoms with E-state index in [0.29, 0.717) is 21.8 Å². The lowest BCUT2D eigenvalue weighted by atomic mass is 9.94. The van der Waals surface area contributed by atoms with Crippen molar-refractivity contribution >= 4 is 34.0 Å². The first kappa shape index (κ1) is 18.1. The number of aryl methyl sites for hydroxylation is 1. The number of carbonyl (C=O) groups excluding carboxylic acids is 1. The second-order valence-electron chi connectivity index (χ2n) is 6.69. The average Bonchev–Trinajstić information content (AvgIpc) is 2.70. The van der Waals surface area contributed by atoms with Gasteiger partial charge in [-0.05, 0) is 60.2 Å². The molecule has 3 nitrogen and oxygen atoms in total. The van der Waals surface area contributed by atoms with Crippen molar-refractivity contribution in [1.29, 1.82) is 0 Å². The monoisotopic (exact) mass is 387 g/mol. The van der Waals surface area contributed by atoms with E-state index in [1.54, 1.807) is 30.3 Å². The Bertz CT molecular complexity index is 1180.